The molecule has 2 heteroatoms. The lowest BCUT2D eigenvalue weighted by Crippen LogP contribution is -2.72. The maximum Gasteiger partial charge on any atom is 0.243 e. The number of anilines is 3. The summed E-state index contributed by atoms with van der Waals surface area (Å²) in [4.78, 5) is 2.72. The van der Waals surface area contributed by atoms with Crippen molar-refractivity contribution in [2.75, 3.05) is 4.90 Å². The molecular formula is C49H42BN. The Kier molecular flexibility index (Phi) is 4.68. The van der Waals surface area contributed by atoms with Crippen LogP contribution in [0.5, 0.6) is 0 Å². The summed E-state index contributed by atoms with van der Waals surface area (Å²) in [6, 6.07) is 43.6. The Hall–Kier alpha value is -4.82. The summed E-state index contributed by atoms with van der Waals surface area (Å²) in [6.45, 7) is 20.0. The molecule has 0 unspecified atom stereocenters. The van der Waals surface area contributed by atoms with Crippen LogP contribution in [0.2, 0.25) is 0 Å². The second-order valence-electron chi connectivity index (χ2n) is 18.4. The summed E-state index contributed by atoms with van der Waals surface area (Å²) in [5, 5.41) is 0. The van der Waals surface area contributed by atoms with Gasteiger partial charge in [0.1, 0.15) is 0 Å². The van der Waals surface area contributed by atoms with Gasteiger partial charge < -0.3 is 4.90 Å². The topological polar surface area (TPSA) is 3.24 Å². The second kappa shape index (κ2) is 8.29. The molecule has 246 valence electrons. The molecule has 0 radical (unpaired) electrons. The van der Waals surface area contributed by atoms with Crippen molar-refractivity contribution in [3.63, 3.8) is 0 Å². The Morgan fingerprint density at radius 3 is 0.902 bits per heavy atom. The quantitative estimate of drug-likeness (QED) is 0.147. The third-order valence-electron chi connectivity index (χ3n) is 15.0. The number of hydrogen-bond acceptors (Lipinski definition) is 1. The minimum absolute atomic E-state index is 0.126. The molecule has 0 bridgehead atoms. The van der Waals surface area contributed by atoms with Crippen molar-refractivity contribution < 1.29 is 0 Å². The number of rotatable bonds is 0. The standard InChI is InChI=1S/C49H42BN/c1-45(2)27-15-9-16-28-39(27)50-40-29(45)17-10-19-31(40)49(32-20-11-18-30(41(32)50)46(28,3)4)37-25-13-23-35-43(37)51-42-33(47(35,5)6)21-12-22-34(42)48(7,8)36-24-14-26-38(49)44(36)51/h9-26H,1-8H3. The van der Waals surface area contributed by atoms with Crippen molar-refractivity contribution in [3.8, 4) is 0 Å². The lowest BCUT2D eigenvalue weighted by molar-refractivity contribution is 0.581. The van der Waals surface area contributed by atoms with Crippen LogP contribution in [0, 0.1) is 0 Å². The molecule has 0 fully saturated rings. The van der Waals surface area contributed by atoms with E-state index >= 15 is 0 Å². The minimum Gasteiger partial charge on any atom is -0.309 e. The normalized spacial score (nSPS) is 20.5. The zero-order chi connectivity index (χ0) is 34.8. The van der Waals surface area contributed by atoms with Crippen molar-refractivity contribution in [1.29, 1.82) is 0 Å². The van der Waals surface area contributed by atoms with E-state index in [1.165, 1.54) is 83.8 Å². The summed E-state index contributed by atoms with van der Waals surface area (Å²) in [7, 11) is 0. The highest BCUT2D eigenvalue weighted by atomic mass is 15.2. The largest absolute Gasteiger partial charge is 0.309 e. The fourth-order valence-electron chi connectivity index (χ4n) is 12.7. The second-order valence-corrected chi connectivity index (χ2v) is 18.4. The number of fused-ring (bicyclic) bond motifs is 4. The van der Waals surface area contributed by atoms with Gasteiger partial charge in [0.2, 0.25) is 6.71 Å². The molecular weight excluding hydrogens is 613 g/mol. The summed E-state index contributed by atoms with van der Waals surface area (Å²) < 4.78 is 0. The molecule has 6 aliphatic rings. The molecule has 0 amide bonds. The van der Waals surface area contributed by atoms with E-state index in [9.17, 15) is 0 Å². The zero-order valence-electron chi connectivity index (χ0n) is 30.9. The minimum atomic E-state index is -0.480. The van der Waals surface area contributed by atoms with Crippen LogP contribution in [0.3, 0.4) is 0 Å². The van der Waals surface area contributed by atoms with Gasteiger partial charge >= 0.3 is 0 Å². The van der Waals surface area contributed by atoms with Gasteiger partial charge in [0.05, 0.1) is 22.5 Å². The van der Waals surface area contributed by atoms with Crippen LogP contribution >= 0.6 is 0 Å². The van der Waals surface area contributed by atoms with Crippen LogP contribution in [0.25, 0.3) is 0 Å². The fraction of sp³-hybridized carbons (Fsp3) is 0.265. The molecule has 1 nitrogen and oxygen atoms in total. The van der Waals surface area contributed by atoms with Gasteiger partial charge in [-0.25, -0.2) is 0 Å². The van der Waals surface area contributed by atoms with E-state index in [1.54, 1.807) is 16.4 Å². The maximum atomic E-state index is 2.72. The van der Waals surface area contributed by atoms with E-state index in [-0.39, 0.29) is 28.4 Å². The molecule has 0 atom stereocenters. The van der Waals surface area contributed by atoms with Gasteiger partial charge in [-0.1, -0.05) is 181 Å². The summed E-state index contributed by atoms with van der Waals surface area (Å²) in [5.74, 6) is 0. The van der Waals surface area contributed by atoms with Crippen molar-refractivity contribution >= 4 is 40.2 Å². The molecule has 0 saturated carbocycles. The molecule has 6 aromatic rings. The van der Waals surface area contributed by atoms with Gasteiger partial charge in [-0.15, -0.1) is 0 Å². The first-order valence-corrected chi connectivity index (χ1v) is 19.0. The molecule has 0 N–H and O–H groups in total. The fourth-order valence-corrected chi connectivity index (χ4v) is 12.7. The maximum absolute atomic E-state index is 2.72. The molecule has 6 aromatic carbocycles. The Labute approximate surface area is 302 Å². The lowest BCUT2D eigenvalue weighted by atomic mass is 9.23. The highest BCUT2D eigenvalue weighted by Crippen LogP contribution is 2.68. The van der Waals surface area contributed by atoms with Gasteiger partial charge in [0.25, 0.3) is 0 Å². The van der Waals surface area contributed by atoms with Crippen molar-refractivity contribution in [3.05, 3.63) is 176 Å². The highest BCUT2D eigenvalue weighted by Gasteiger charge is 2.61. The smallest absolute Gasteiger partial charge is 0.243 e. The summed E-state index contributed by atoms with van der Waals surface area (Å²) >= 11 is 0. The molecule has 6 heterocycles. The average molecular weight is 656 g/mol. The number of benzene rings is 6. The van der Waals surface area contributed by atoms with Crippen LogP contribution < -0.4 is 21.3 Å². The van der Waals surface area contributed by atoms with Crippen molar-refractivity contribution in [2.45, 2.75) is 82.5 Å². The molecule has 0 aromatic heterocycles. The summed E-state index contributed by atoms with van der Waals surface area (Å²) in [5.41, 5.74) is 25.3. The number of hydrogen-bond donors (Lipinski definition) is 0. The van der Waals surface area contributed by atoms with Crippen LogP contribution in [0.1, 0.15) is 122 Å². The Balaban J connectivity index is 1.34. The predicted molar refractivity (Wildman–Crippen MR) is 213 cm³/mol. The number of para-hydroxylation sites is 3. The zero-order valence-corrected chi connectivity index (χ0v) is 30.9. The van der Waals surface area contributed by atoms with Gasteiger partial charge in [-0.05, 0) is 66.8 Å². The van der Waals surface area contributed by atoms with Crippen LogP contribution in [-0.4, -0.2) is 6.71 Å². The number of nitrogens with zero attached hydrogens (tertiary/aromatic N) is 1. The van der Waals surface area contributed by atoms with Gasteiger partial charge in [0, 0.05) is 21.7 Å². The lowest BCUT2D eigenvalue weighted by Gasteiger charge is -2.59. The van der Waals surface area contributed by atoms with E-state index < -0.39 is 5.41 Å². The Bertz CT molecular complexity index is 2310. The monoisotopic (exact) mass is 655 g/mol. The predicted octanol–water partition coefficient (Wildman–Crippen LogP) is 9.24. The third-order valence-corrected chi connectivity index (χ3v) is 15.0. The summed E-state index contributed by atoms with van der Waals surface area (Å²) in [6.07, 6.45) is 0. The average Bonchev–Trinajstić information content (AvgIpc) is 3.12. The van der Waals surface area contributed by atoms with E-state index in [2.05, 4.69) is 169 Å². The van der Waals surface area contributed by atoms with E-state index in [0.29, 0.717) is 0 Å². The first-order valence-electron chi connectivity index (χ1n) is 19.0. The van der Waals surface area contributed by atoms with E-state index in [0.717, 1.165) is 0 Å². The molecule has 0 aliphatic carbocycles. The molecule has 12 rings (SSSR count). The first-order chi connectivity index (χ1) is 24.4. The van der Waals surface area contributed by atoms with Crippen LogP contribution in [-0.2, 0) is 27.1 Å². The molecule has 1 spiro atoms. The third kappa shape index (κ3) is 2.75. The van der Waals surface area contributed by atoms with Gasteiger partial charge in [0.15, 0.2) is 0 Å². The SMILES string of the molecule is CC1(C)c2cccc3c2B2c4c1cccc4C1(c4cccc(c42)C3(C)C)c2cccc3c2N2c4c(cccc4C(C)(C)c4cccc1c42)C3(C)C. The van der Waals surface area contributed by atoms with E-state index in [1.807, 2.05) is 0 Å². The first kappa shape index (κ1) is 28.8. The Morgan fingerprint density at radius 2 is 0.549 bits per heavy atom. The molecule has 6 aliphatic heterocycles. The van der Waals surface area contributed by atoms with E-state index in [4.69, 9.17) is 0 Å². The van der Waals surface area contributed by atoms with Gasteiger partial charge in [-0.2, -0.15) is 0 Å². The molecule has 0 saturated heterocycles. The van der Waals surface area contributed by atoms with Gasteiger partial charge in [-0.3, -0.25) is 0 Å². The van der Waals surface area contributed by atoms with Crippen molar-refractivity contribution in [1.82, 2.24) is 0 Å². The highest BCUT2D eigenvalue weighted by molar-refractivity contribution is 6.98. The Morgan fingerprint density at radius 1 is 0.314 bits per heavy atom. The van der Waals surface area contributed by atoms with Crippen LogP contribution in [0.15, 0.2) is 109 Å². The molecule has 51 heavy (non-hydrogen) atoms. The van der Waals surface area contributed by atoms with Crippen LogP contribution in [0.4, 0.5) is 17.1 Å². The van der Waals surface area contributed by atoms with Crippen molar-refractivity contribution in [2.24, 2.45) is 0 Å².